The first-order valence-electron chi connectivity index (χ1n) is 8.53. The number of rotatable bonds is 4. The average molecular weight is 353 g/mol. The molecule has 0 saturated heterocycles. The molecule has 1 N–H and O–H groups in total. The van der Waals surface area contributed by atoms with Crippen LogP contribution in [-0.2, 0) is 22.3 Å². The van der Waals surface area contributed by atoms with Gasteiger partial charge in [-0.25, -0.2) is 9.59 Å². The lowest BCUT2D eigenvalue weighted by Crippen LogP contribution is -2.26. The Labute approximate surface area is 147 Å². The van der Waals surface area contributed by atoms with E-state index in [2.05, 4.69) is 26.1 Å². The third-order valence-electron chi connectivity index (χ3n) is 4.46. The quantitative estimate of drug-likeness (QED) is 0.801. The molecular weight excluding hydrogens is 326 g/mol. The number of anilines is 1. The van der Waals surface area contributed by atoms with Gasteiger partial charge in [-0.3, -0.25) is 5.32 Å². The van der Waals surface area contributed by atoms with Gasteiger partial charge < -0.3 is 9.47 Å². The molecule has 134 valence electrons. The van der Waals surface area contributed by atoms with Gasteiger partial charge in [0.1, 0.15) is 5.00 Å². The average Bonchev–Trinajstić information content (AvgIpc) is 2.83. The van der Waals surface area contributed by atoms with Crippen LogP contribution in [0.2, 0.25) is 0 Å². The highest BCUT2D eigenvalue weighted by Gasteiger charge is 2.34. The van der Waals surface area contributed by atoms with Crippen molar-refractivity contribution in [3.05, 3.63) is 16.0 Å². The van der Waals surface area contributed by atoms with Crippen LogP contribution in [0.1, 0.15) is 61.8 Å². The first-order valence-corrected chi connectivity index (χ1v) is 9.35. The minimum absolute atomic E-state index is 0.223. The summed E-state index contributed by atoms with van der Waals surface area (Å²) < 4.78 is 10.2. The van der Waals surface area contributed by atoms with Crippen LogP contribution in [0.25, 0.3) is 0 Å². The summed E-state index contributed by atoms with van der Waals surface area (Å²) in [6.45, 7) is 10.9. The van der Waals surface area contributed by atoms with E-state index in [1.165, 1.54) is 16.2 Å². The standard InChI is InChI=1S/C18H27NO4S/c1-6-22-16(20)14-12-9-8-11(18(3,4)5)10-13(12)24-15(14)19-17(21)23-7-2/h11H,6-10H2,1-5H3,(H,19,21)/t11-/m0/s1. The van der Waals surface area contributed by atoms with Gasteiger partial charge in [-0.2, -0.15) is 0 Å². The summed E-state index contributed by atoms with van der Waals surface area (Å²) in [6.07, 6.45) is 2.28. The van der Waals surface area contributed by atoms with Crippen molar-refractivity contribution in [3.8, 4) is 0 Å². The largest absolute Gasteiger partial charge is 0.462 e. The van der Waals surface area contributed by atoms with E-state index in [4.69, 9.17) is 9.47 Å². The minimum atomic E-state index is -0.533. The van der Waals surface area contributed by atoms with Gasteiger partial charge in [-0.15, -0.1) is 11.3 Å². The molecule has 0 saturated carbocycles. The van der Waals surface area contributed by atoms with E-state index in [9.17, 15) is 9.59 Å². The molecule has 24 heavy (non-hydrogen) atoms. The molecule has 1 aliphatic carbocycles. The Balaban J connectivity index is 2.35. The topological polar surface area (TPSA) is 64.6 Å². The summed E-state index contributed by atoms with van der Waals surface area (Å²) in [6, 6.07) is 0. The second-order valence-corrected chi connectivity index (χ2v) is 8.18. The van der Waals surface area contributed by atoms with Gasteiger partial charge in [0.15, 0.2) is 0 Å². The Morgan fingerprint density at radius 1 is 1.21 bits per heavy atom. The van der Waals surface area contributed by atoms with Crippen molar-refractivity contribution in [1.29, 1.82) is 0 Å². The Bertz CT molecular complexity index is 615. The predicted octanol–water partition coefficient (Wildman–Crippen LogP) is 4.64. The molecule has 1 aromatic heterocycles. The molecule has 0 unspecified atom stereocenters. The second kappa shape index (κ2) is 7.55. The highest BCUT2D eigenvalue weighted by molar-refractivity contribution is 7.17. The molecule has 2 rings (SSSR count). The third kappa shape index (κ3) is 4.09. The summed E-state index contributed by atoms with van der Waals surface area (Å²) >= 11 is 1.48. The first kappa shape index (κ1) is 18.8. The number of thiophene rings is 1. The van der Waals surface area contributed by atoms with Gasteiger partial charge >= 0.3 is 12.1 Å². The Morgan fingerprint density at radius 3 is 2.46 bits per heavy atom. The molecule has 1 aliphatic rings. The van der Waals surface area contributed by atoms with Gasteiger partial charge in [-0.1, -0.05) is 20.8 Å². The predicted molar refractivity (Wildman–Crippen MR) is 95.9 cm³/mol. The number of hydrogen-bond acceptors (Lipinski definition) is 5. The maximum absolute atomic E-state index is 12.4. The number of carbonyl (C=O) groups excluding carboxylic acids is 2. The van der Waals surface area contributed by atoms with Crippen molar-refractivity contribution in [2.75, 3.05) is 18.5 Å². The second-order valence-electron chi connectivity index (χ2n) is 7.08. The molecule has 0 spiro atoms. The highest BCUT2D eigenvalue weighted by Crippen LogP contribution is 2.44. The molecule has 0 aromatic carbocycles. The lowest BCUT2D eigenvalue weighted by Gasteiger charge is -2.33. The fraction of sp³-hybridized carbons (Fsp3) is 0.667. The number of amides is 1. The summed E-state index contributed by atoms with van der Waals surface area (Å²) in [5.74, 6) is 0.199. The molecule has 0 radical (unpaired) electrons. The zero-order valence-electron chi connectivity index (χ0n) is 15.2. The maximum Gasteiger partial charge on any atom is 0.412 e. The van der Waals surface area contributed by atoms with Crippen molar-refractivity contribution in [2.24, 2.45) is 11.3 Å². The monoisotopic (exact) mass is 353 g/mol. The van der Waals surface area contributed by atoms with Crippen molar-refractivity contribution in [3.63, 3.8) is 0 Å². The smallest absolute Gasteiger partial charge is 0.412 e. The van der Waals surface area contributed by atoms with Gasteiger partial charge in [0.05, 0.1) is 18.8 Å². The maximum atomic E-state index is 12.4. The number of ether oxygens (including phenoxy) is 2. The number of esters is 1. The van der Waals surface area contributed by atoms with Gasteiger partial charge in [0.2, 0.25) is 0 Å². The van der Waals surface area contributed by atoms with Gasteiger partial charge in [0.25, 0.3) is 0 Å². The molecule has 0 fully saturated rings. The van der Waals surface area contributed by atoms with Crippen molar-refractivity contribution < 1.29 is 19.1 Å². The third-order valence-corrected chi connectivity index (χ3v) is 5.63. The van der Waals surface area contributed by atoms with E-state index >= 15 is 0 Å². The van der Waals surface area contributed by atoms with E-state index in [-0.39, 0.29) is 18.0 Å². The van der Waals surface area contributed by atoms with Crippen molar-refractivity contribution in [2.45, 2.75) is 53.9 Å². The Kier molecular flexibility index (Phi) is 5.91. The lowest BCUT2D eigenvalue weighted by atomic mass is 9.72. The fourth-order valence-corrected chi connectivity index (χ4v) is 4.39. The molecule has 6 heteroatoms. The molecule has 1 amide bonds. The van der Waals surface area contributed by atoms with Crippen LogP contribution in [0.3, 0.4) is 0 Å². The Hall–Kier alpha value is -1.56. The van der Waals surface area contributed by atoms with Gasteiger partial charge in [0, 0.05) is 4.88 Å². The van der Waals surface area contributed by atoms with Crippen LogP contribution in [0, 0.1) is 11.3 Å². The molecular formula is C18H27NO4S. The van der Waals surface area contributed by atoms with E-state index in [0.717, 1.165) is 24.8 Å². The van der Waals surface area contributed by atoms with Crippen LogP contribution in [0.4, 0.5) is 9.80 Å². The SMILES string of the molecule is CCOC(=O)Nc1sc2c(c1C(=O)OCC)CC[C@H](C(C)(C)C)C2. The van der Waals surface area contributed by atoms with Crippen molar-refractivity contribution >= 4 is 28.4 Å². The molecule has 0 aliphatic heterocycles. The van der Waals surface area contributed by atoms with E-state index in [1.807, 2.05) is 0 Å². The van der Waals surface area contributed by atoms with E-state index < -0.39 is 6.09 Å². The zero-order valence-corrected chi connectivity index (χ0v) is 16.0. The Morgan fingerprint density at radius 2 is 1.88 bits per heavy atom. The summed E-state index contributed by atoms with van der Waals surface area (Å²) in [4.78, 5) is 25.4. The van der Waals surface area contributed by atoms with Crippen molar-refractivity contribution in [1.82, 2.24) is 0 Å². The summed E-state index contributed by atoms with van der Waals surface area (Å²) in [7, 11) is 0. The normalized spacial score (nSPS) is 17.1. The van der Waals surface area contributed by atoms with Crippen LogP contribution in [0.15, 0.2) is 0 Å². The number of hydrogen-bond donors (Lipinski definition) is 1. The lowest BCUT2D eigenvalue weighted by molar-refractivity contribution is 0.0526. The zero-order chi connectivity index (χ0) is 17.9. The summed E-state index contributed by atoms with van der Waals surface area (Å²) in [5, 5.41) is 3.27. The highest BCUT2D eigenvalue weighted by atomic mass is 32.1. The van der Waals surface area contributed by atoms with Gasteiger partial charge in [-0.05, 0) is 50.0 Å². The van der Waals surface area contributed by atoms with Crippen LogP contribution in [0.5, 0.6) is 0 Å². The minimum Gasteiger partial charge on any atom is -0.462 e. The molecule has 1 atom stereocenters. The molecule has 5 nitrogen and oxygen atoms in total. The van der Waals surface area contributed by atoms with Crippen LogP contribution < -0.4 is 5.32 Å². The van der Waals surface area contributed by atoms with Crippen LogP contribution in [-0.4, -0.2) is 25.3 Å². The molecule has 0 bridgehead atoms. The number of nitrogens with one attached hydrogen (secondary N) is 1. The fourth-order valence-electron chi connectivity index (χ4n) is 3.09. The molecule has 1 heterocycles. The number of carbonyl (C=O) groups is 2. The molecule has 1 aromatic rings. The first-order chi connectivity index (χ1) is 11.3. The van der Waals surface area contributed by atoms with Crippen LogP contribution >= 0.6 is 11.3 Å². The van der Waals surface area contributed by atoms with E-state index in [1.54, 1.807) is 13.8 Å². The number of fused-ring (bicyclic) bond motifs is 1. The van der Waals surface area contributed by atoms with E-state index in [0.29, 0.717) is 23.1 Å². The summed E-state index contributed by atoms with van der Waals surface area (Å²) in [5.41, 5.74) is 1.77.